The van der Waals surface area contributed by atoms with Crippen molar-refractivity contribution >= 4 is 42.9 Å². The van der Waals surface area contributed by atoms with Crippen molar-refractivity contribution < 1.29 is 52.0 Å². The molecule has 300 valence electrons. The van der Waals surface area contributed by atoms with Crippen LogP contribution >= 0.6 is 7.37 Å². The van der Waals surface area contributed by atoms with Gasteiger partial charge in [0, 0.05) is 64.3 Å². The quantitative estimate of drug-likeness (QED) is 0.0953. The maximum Gasteiger partial charge on any atom is 0.409 e. The predicted molar refractivity (Wildman–Crippen MR) is 199 cm³/mol. The fraction of sp³-hybridized carbons (Fsp3) is 0.595. The van der Waals surface area contributed by atoms with Gasteiger partial charge in [-0.25, -0.2) is 19.3 Å². The first kappa shape index (κ1) is 41.7. The standard InChI is InChI=1S/C37H51N6O11P/c1-5-8-20-51-35(48)43-19-17-38-28(23-43)32(46)37(24-55(37,49)54-36(52-30(44)12-6-2)53-31(45)13-7-3)41-34(47)27-21-29(42-18-16-26(22-42)50-4)40-33(39-27)25-14-10-9-11-15-25/h9-11,14-15,21,26,28,36,38H,5-8,12-13,16-20,22-24H2,1-4H3,(H,41,47)/t26-,28?,37-,55?/m0/s1. The Bertz CT molecular complexity index is 1730. The largest absolute Gasteiger partial charge is 0.449 e. The van der Waals surface area contributed by atoms with Crippen LogP contribution in [-0.4, -0.2) is 121 Å². The summed E-state index contributed by atoms with van der Waals surface area (Å²) in [6.45, 7) is 5.05. The molecule has 17 nitrogen and oxygen atoms in total. The molecule has 0 spiro atoms. The van der Waals surface area contributed by atoms with Crippen molar-refractivity contribution in [3.8, 4) is 11.4 Å². The Morgan fingerprint density at radius 1 is 0.982 bits per heavy atom. The summed E-state index contributed by atoms with van der Waals surface area (Å²) in [7, 11) is -2.69. The molecule has 1 aromatic heterocycles. The van der Waals surface area contributed by atoms with Crippen molar-refractivity contribution in [3.05, 3.63) is 42.1 Å². The number of methoxy groups -OCH3 is 1. The minimum Gasteiger partial charge on any atom is -0.449 e. The molecule has 1 aromatic carbocycles. The van der Waals surface area contributed by atoms with Gasteiger partial charge in [-0.05, 0) is 25.7 Å². The number of piperazine rings is 1. The van der Waals surface area contributed by atoms with Gasteiger partial charge in [-0.2, -0.15) is 0 Å². The molecule has 4 atom stereocenters. The highest BCUT2D eigenvalue weighted by molar-refractivity contribution is 7.70. The highest BCUT2D eigenvalue weighted by atomic mass is 31.2. The van der Waals surface area contributed by atoms with Gasteiger partial charge in [0.25, 0.3) is 5.91 Å². The Kier molecular flexibility index (Phi) is 14.4. The van der Waals surface area contributed by atoms with Crippen molar-refractivity contribution in [2.24, 2.45) is 0 Å². The van der Waals surface area contributed by atoms with Gasteiger partial charge >= 0.3 is 24.5 Å². The number of nitrogens with one attached hydrogen (secondary N) is 2. The van der Waals surface area contributed by atoms with Crippen molar-refractivity contribution in [3.63, 3.8) is 0 Å². The molecule has 0 aliphatic carbocycles. The van der Waals surface area contributed by atoms with E-state index in [9.17, 15) is 28.5 Å². The van der Waals surface area contributed by atoms with Crippen molar-refractivity contribution in [2.45, 2.75) is 89.6 Å². The molecule has 0 bridgehead atoms. The van der Waals surface area contributed by atoms with Gasteiger partial charge < -0.3 is 39.4 Å². The second-order valence-corrected chi connectivity index (χ2v) is 16.3. The van der Waals surface area contributed by atoms with Crippen LogP contribution in [-0.2, 0) is 42.4 Å². The Balaban J connectivity index is 1.48. The molecule has 3 fully saturated rings. The number of carbonyl (C=O) groups excluding carboxylic acids is 5. The smallest absolute Gasteiger partial charge is 0.409 e. The number of esters is 2. The zero-order chi connectivity index (χ0) is 39.6. The monoisotopic (exact) mass is 786 g/mol. The number of Topliss-reactive ketones (excluding diaryl/α,β-unsaturated/α-hetero) is 1. The number of ketones is 1. The fourth-order valence-electron chi connectivity index (χ4n) is 6.36. The first-order valence-electron chi connectivity index (χ1n) is 18.9. The summed E-state index contributed by atoms with van der Waals surface area (Å²) in [5.74, 6) is -2.46. The van der Waals surface area contributed by atoms with E-state index in [0.29, 0.717) is 43.7 Å². The fourth-order valence-corrected chi connectivity index (χ4v) is 8.85. The summed E-state index contributed by atoms with van der Waals surface area (Å²) < 4.78 is 41.9. The normalized spacial score (nSPS) is 23.3. The molecular formula is C37H51N6O11P. The number of unbranched alkanes of at least 4 members (excludes halogenated alkanes) is 1. The summed E-state index contributed by atoms with van der Waals surface area (Å²) >= 11 is 0. The second kappa shape index (κ2) is 18.9. The lowest BCUT2D eigenvalue weighted by atomic mass is 10.0. The average molecular weight is 787 g/mol. The van der Waals surface area contributed by atoms with Crippen LogP contribution in [0.2, 0.25) is 0 Å². The van der Waals surface area contributed by atoms with Crippen LogP contribution in [0.15, 0.2) is 36.4 Å². The maximum atomic E-state index is 14.7. The van der Waals surface area contributed by atoms with E-state index in [1.165, 1.54) is 11.0 Å². The minimum absolute atomic E-state index is 0.0416. The van der Waals surface area contributed by atoms with Gasteiger partial charge in [0.15, 0.2) is 16.9 Å². The minimum atomic E-state index is -4.32. The first-order valence-corrected chi connectivity index (χ1v) is 20.7. The molecule has 2 unspecified atom stereocenters. The number of benzene rings is 1. The summed E-state index contributed by atoms with van der Waals surface area (Å²) in [4.78, 5) is 79.4. The second-order valence-electron chi connectivity index (χ2n) is 13.7. The third-order valence-electron chi connectivity index (χ3n) is 9.52. The van der Waals surface area contributed by atoms with Gasteiger partial charge in [-0.1, -0.05) is 57.5 Å². The molecular weight excluding hydrogens is 735 g/mol. The van der Waals surface area contributed by atoms with Crippen LogP contribution in [0.1, 0.15) is 76.2 Å². The van der Waals surface area contributed by atoms with Crippen LogP contribution in [0, 0.1) is 0 Å². The zero-order valence-corrected chi connectivity index (χ0v) is 32.7. The predicted octanol–water partition coefficient (Wildman–Crippen LogP) is 3.85. The van der Waals surface area contributed by atoms with Crippen LogP contribution < -0.4 is 15.5 Å². The number of anilines is 1. The van der Waals surface area contributed by atoms with E-state index in [2.05, 4.69) is 15.6 Å². The van der Waals surface area contributed by atoms with E-state index in [0.717, 1.165) is 12.8 Å². The molecule has 2 amide bonds. The van der Waals surface area contributed by atoms with Gasteiger partial charge in [-0.3, -0.25) is 23.7 Å². The lowest BCUT2D eigenvalue weighted by Crippen LogP contribution is -2.61. The highest BCUT2D eigenvalue weighted by Crippen LogP contribution is 2.76. The van der Waals surface area contributed by atoms with Gasteiger partial charge in [-0.15, -0.1) is 0 Å². The number of ether oxygens (including phenoxy) is 4. The number of rotatable bonds is 18. The van der Waals surface area contributed by atoms with E-state index in [1.54, 1.807) is 33.1 Å². The summed E-state index contributed by atoms with van der Waals surface area (Å²) in [5.41, 5.74) is 0.517. The Hall–Kier alpha value is -4.44. The van der Waals surface area contributed by atoms with Crippen molar-refractivity contribution in [1.29, 1.82) is 0 Å². The number of nitrogens with zero attached hydrogens (tertiary/aromatic N) is 4. The zero-order valence-electron chi connectivity index (χ0n) is 31.8. The third-order valence-corrected chi connectivity index (χ3v) is 12.2. The topological polar surface area (TPSA) is 205 Å². The molecule has 18 heteroatoms. The lowest BCUT2D eigenvalue weighted by Gasteiger charge is -2.34. The summed E-state index contributed by atoms with van der Waals surface area (Å²) in [5, 5.41) is 3.56. The molecule has 3 aliphatic rings. The number of amides is 2. The van der Waals surface area contributed by atoms with Gasteiger partial charge in [0.1, 0.15) is 11.5 Å². The number of hydrogen-bond acceptors (Lipinski definition) is 15. The van der Waals surface area contributed by atoms with Gasteiger partial charge in [0.05, 0.1) is 24.9 Å². The van der Waals surface area contributed by atoms with Crippen LogP contribution in [0.25, 0.3) is 11.4 Å². The van der Waals surface area contributed by atoms with E-state index in [1.807, 2.05) is 30.0 Å². The third kappa shape index (κ3) is 10.3. The molecule has 55 heavy (non-hydrogen) atoms. The SMILES string of the molecule is CCCCOC(=O)N1CCNC(C(=O)[C@]2(NC(=O)c3cc(N4CC[C@H](OC)C4)nc(-c4ccccc4)n3)CP2(=O)OC(OC(=O)CCC)OC(=O)CCC)C1. The molecule has 3 saturated heterocycles. The lowest BCUT2D eigenvalue weighted by molar-refractivity contribution is -0.234. The van der Waals surface area contributed by atoms with Crippen molar-refractivity contribution in [2.75, 3.05) is 57.5 Å². The van der Waals surface area contributed by atoms with E-state index < -0.39 is 61.1 Å². The first-order chi connectivity index (χ1) is 26.4. The van der Waals surface area contributed by atoms with E-state index in [4.69, 9.17) is 28.5 Å². The molecule has 5 rings (SSSR count). The van der Waals surface area contributed by atoms with Crippen molar-refractivity contribution in [1.82, 2.24) is 25.5 Å². The molecule has 2 aromatic rings. The Morgan fingerprint density at radius 2 is 1.69 bits per heavy atom. The number of hydrogen-bond donors (Lipinski definition) is 2. The van der Waals surface area contributed by atoms with Crippen LogP contribution in [0.4, 0.5) is 10.6 Å². The molecule has 4 heterocycles. The van der Waals surface area contributed by atoms with E-state index >= 15 is 0 Å². The molecule has 0 saturated carbocycles. The Morgan fingerprint density at radius 3 is 2.33 bits per heavy atom. The Labute approximate surface area is 320 Å². The summed E-state index contributed by atoms with van der Waals surface area (Å²) in [6.07, 6.45) is 1.80. The van der Waals surface area contributed by atoms with E-state index in [-0.39, 0.29) is 56.7 Å². The number of aromatic nitrogens is 2. The number of carbonyl (C=O) groups is 5. The van der Waals surface area contributed by atoms with Crippen LogP contribution in [0.5, 0.6) is 0 Å². The summed E-state index contributed by atoms with van der Waals surface area (Å²) in [6, 6.07) is 9.43. The average Bonchev–Trinajstić information content (AvgIpc) is 3.48. The molecule has 3 aliphatic heterocycles. The van der Waals surface area contributed by atoms with Gasteiger partial charge in [0.2, 0.25) is 7.37 Å². The highest BCUT2D eigenvalue weighted by Gasteiger charge is 2.75. The molecule has 0 radical (unpaired) electrons. The maximum absolute atomic E-state index is 14.7. The molecule has 2 N–H and O–H groups in total. The van der Waals surface area contributed by atoms with Crippen LogP contribution in [0.3, 0.4) is 0 Å².